The molecule has 0 aliphatic carbocycles. The molecule has 1 heterocycles. The van der Waals surface area contributed by atoms with E-state index in [1.54, 1.807) is 0 Å². The van der Waals surface area contributed by atoms with Crippen LogP contribution >= 0.6 is 0 Å². The molecule has 1 aliphatic rings. The van der Waals surface area contributed by atoms with E-state index in [9.17, 15) is 0 Å². The van der Waals surface area contributed by atoms with Crippen LogP contribution in [-0.2, 0) is 0 Å². The van der Waals surface area contributed by atoms with Crippen molar-refractivity contribution in [1.29, 1.82) is 0 Å². The van der Waals surface area contributed by atoms with Gasteiger partial charge in [0.25, 0.3) is 0 Å². The summed E-state index contributed by atoms with van der Waals surface area (Å²) in [5, 5.41) is 2.38. The van der Waals surface area contributed by atoms with E-state index in [1.807, 2.05) is 0 Å². The van der Waals surface area contributed by atoms with Crippen molar-refractivity contribution in [3.05, 3.63) is 34.9 Å². The predicted octanol–water partition coefficient (Wildman–Crippen LogP) is 3.35. The first-order chi connectivity index (χ1) is 8.16. The molecule has 0 bridgehead atoms. The molecule has 1 aromatic carbocycles. The third-order valence-corrected chi connectivity index (χ3v) is 3.62. The first-order valence-corrected chi connectivity index (χ1v) is 6.75. The zero-order chi connectivity index (χ0) is 12.3. The van der Waals surface area contributed by atoms with Gasteiger partial charge < -0.3 is 0 Å². The van der Waals surface area contributed by atoms with Crippen molar-refractivity contribution in [3.8, 4) is 0 Å². The molecular formula is C15H24N2. The van der Waals surface area contributed by atoms with E-state index < -0.39 is 0 Å². The van der Waals surface area contributed by atoms with E-state index >= 15 is 0 Å². The SMILES string of the molecule is Cc1ccc(C(C)NN2CCCCC2)c(C)c1. The summed E-state index contributed by atoms with van der Waals surface area (Å²) >= 11 is 0. The average Bonchev–Trinajstić information content (AvgIpc) is 2.30. The molecule has 1 fully saturated rings. The van der Waals surface area contributed by atoms with Crippen molar-refractivity contribution in [2.24, 2.45) is 0 Å². The van der Waals surface area contributed by atoms with E-state index in [1.165, 1.54) is 49.0 Å². The summed E-state index contributed by atoms with van der Waals surface area (Å²) in [6, 6.07) is 7.14. The van der Waals surface area contributed by atoms with Crippen LogP contribution in [0.4, 0.5) is 0 Å². The lowest BCUT2D eigenvalue weighted by molar-refractivity contribution is 0.133. The average molecular weight is 232 g/mol. The quantitative estimate of drug-likeness (QED) is 0.859. The lowest BCUT2D eigenvalue weighted by atomic mass is 10.0. The number of nitrogens with one attached hydrogen (secondary N) is 1. The molecule has 94 valence electrons. The molecule has 1 aromatic rings. The summed E-state index contributed by atoms with van der Waals surface area (Å²) in [5.74, 6) is 0. The Hall–Kier alpha value is -0.860. The highest BCUT2D eigenvalue weighted by Gasteiger charge is 2.14. The van der Waals surface area contributed by atoms with Crippen LogP contribution in [0.15, 0.2) is 18.2 Å². The van der Waals surface area contributed by atoms with Gasteiger partial charge in [-0.3, -0.25) is 0 Å². The van der Waals surface area contributed by atoms with Gasteiger partial charge in [0.2, 0.25) is 0 Å². The van der Waals surface area contributed by atoms with Crippen molar-refractivity contribution in [2.45, 2.75) is 46.1 Å². The molecule has 1 N–H and O–H groups in total. The van der Waals surface area contributed by atoms with Crippen LogP contribution in [0.1, 0.15) is 48.9 Å². The minimum absolute atomic E-state index is 0.411. The second-order valence-corrected chi connectivity index (χ2v) is 5.26. The Morgan fingerprint density at radius 1 is 1.12 bits per heavy atom. The number of hydrogen-bond acceptors (Lipinski definition) is 2. The number of nitrogens with zero attached hydrogens (tertiary/aromatic N) is 1. The number of piperidine rings is 1. The summed E-state index contributed by atoms with van der Waals surface area (Å²) < 4.78 is 0. The van der Waals surface area contributed by atoms with Gasteiger partial charge >= 0.3 is 0 Å². The van der Waals surface area contributed by atoms with Crippen LogP contribution in [-0.4, -0.2) is 18.1 Å². The fourth-order valence-corrected chi connectivity index (χ4v) is 2.68. The van der Waals surface area contributed by atoms with Gasteiger partial charge in [0, 0.05) is 19.1 Å². The predicted molar refractivity (Wildman–Crippen MR) is 72.9 cm³/mol. The molecular weight excluding hydrogens is 208 g/mol. The highest BCUT2D eigenvalue weighted by molar-refractivity contribution is 5.32. The van der Waals surface area contributed by atoms with Crippen LogP contribution in [0.5, 0.6) is 0 Å². The minimum Gasteiger partial charge on any atom is -0.248 e. The van der Waals surface area contributed by atoms with Gasteiger partial charge in [0.1, 0.15) is 0 Å². The van der Waals surface area contributed by atoms with Crippen LogP contribution in [0.2, 0.25) is 0 Å². The Kier molecular flexibility index (Phi) is 4.19. The molecule has 0 spiro atoms. The molecule has 1 aliphatic heterocycles. The first kappa shape index (κ1) is 12.6. The third kappa shape index (κ3) is 3.30. The molecule has 2 nitrogen and oxygen atoms in total. The molecule has 0 aromatic heterocycles. The Balaban J connectivity index is 2.00. The largest absolute Gasteiger partial charge is 0.248 e. The van der Waals surface area contributed by atoms with Gasteiger partial charge in [-0.05, 0) is 44.7 Å². The molecule has 0 radical (unpaired) electrons. The monoisotopic (exact) mass is 232 g/mol. The van der Waals surface area contributed by atoms with Crippen molar-refractivity contribution >= 4 is 0 Å². The summed E-state index contributed by atoms with van der Waals surface area (Å²) in [6.07, 6.45) is 4.04. The second kappa shape index (κ2) is 5.65. The van der Waals surface area contributed by atoms with Gasteiger partial charge in [-0.15, -0.1) is 0 Å². The third-order valence-electron chi connectivity index (χ3n) is 3.62. The van der Waals surface area contributed by atoms with Gasteiger partial charge in [0.05, 0.1) is 0 Å². The Bertz CT molecular complexity index is 367. The highest BCUT2D eigenvalue weighted by atomic mass is 15.5. The molecule has 1 atom stereocenters. The molecule has 0 amide bonds. The molecule has 1 saturated heterocycles. The van der Waals surface area contributed by atoms with Gasteiger partial charge in [-0.2, -0.15) is 0 Å². The van der Waals surface area contributed by atoms with Crippen LogP contribution in [0.25, 0.3) is 0 Å². The van der Waals surface area contributed by atoms with Crippen molar-refractivity contribution in [3.63, 3.8) is 0 Å². The number of benzene rings is 1. The summed E-state index contributed by atoms with van der Waals surface area (Å²) in [4.78, 5) is 0. The van der Waals surface area contributed by atoms with E-state index in [2.05, 4.69) is 49.4 Å². The maximum absolute atomic E-state index is 3.63. The Morgan fingerprint density at radius 2 is 1.82 bits per heavy atom. The van der Waals surface area contributed by atoms with Crippen LogP contribution in [0, 0.1) is 13.8 Å². The number of hydrazine groups is 1. The highest BCUT2D eigenvalue weighted by Crippen LogP contribution is 2.19. The fourth-order valence-electron chi connectivity index (χ4n) is 2.68. The first-order valence-electron chi connectivity index (χ1n) is 6.75. The van der Waals surface area contributed by atoms with Crippen molar-refractivity contribution in [1.82, 2.24) is 10.4 Å². The second-order valence-electron chi connectivity index (χ2n) is 5.26. The topological polar surface area (TPSA) is 15.3 Å². The van der Waals surface area contributed by atoms with Gasteiger partial charge in [-0.1, -0.05) is 30.2 Å². The fraction of sp³-hybridized carbons (Fsp3) is 0.600. The molecule has 2 rings (SSSR count). The van der Waals surface area contributed by atoms with Crippen molar-refractivity contribution < 1.29 is 0 Å². The summed E-state index contributed by atoms with van der Waals surface area (Å²) in [5.41, 5.74) is 7.78. The van der Waals surface area contributed by atoms with Crippen LogP contribution < -0.4 is 5.43 Å². The van der Waals surface area contributed by atoms with E-state index in [4.69, 9.17) is 0 Å². The number of aryl methyl sites for hydroxylation is 2. The lowest BCUT2D eigenvalue weighted by Gasteiger charge is -2.31. The molecule has 2 heteroatoms. The smallest absolute Gasteiger partial charge is 0.0439 e. The number of hydrogen-bond donors (Lipinski definition) is 1. The van der Waals surface area contributed by atoms with Gasteiger partial charge in [0.15, 0.2) is 0 Å². The zero-order valence-electron chi connectivity index (χ0n) is 11.3. The normalized spacial score (nSPS) is 19.2. The standard InChI is InChI=1S/C15H24N2/c1-12-7-8-15(13(2)11-12)14(3)16-17-9-5-4-6-10-17/h7-8,11,14,16H,4-6,9-10H2,1-3H3. The molecule has 0 saturated carbocycles. The summed E-state index contributed by atoms with van der Waals surface area (Å²) in [7, 11) is 0. The Morgan fingerprint density at radius 3 is 2.47 bits per heavy atom. The Labute approximate surface area is 105 Å². The van der Waals surface area contributed by atoms with E-state index in [0.717, 1.165) is 0 Å². The lowest BCUT2D eigenvalue weighted by Crippen LogP contribution is -2.43. The van der Waals surface area contributed by atoms with Crippen molar-refractivity contribution in [2.75, 3.05) is 13.1 Å². The van der Waals surface area contributed by atoms with Crippen LogP contribution in [0.3, 0.4) is 0 Å². The maximum atomic E-state index is 3.63. The number of rotatable bonds is 3. The van der Waals surface area contributed by atoms with Gasteiger partial charge in [-0.25, -0.2) is 10.4 Å². The molecule has 17 heavy (non-hydrogen) atoms. The minimum atomic E-state index is 0.411. The van der Waals surface area contributed by atoms with E-state index in [0.29, 0.717) is 6.04 Å². The molecule has 1 unspecified atom stereocenters. The zero-order valence-corrected chi connectivity index (χ0v) is 11.3. The summed E-state index contributed by atoms with van der Waals surface area (Å²) in [6.45, 7) is 8.99. The maximum Gasteiger partial charge on any atom is 0.0439 e. The van der Waals surface area contributed by atoms with E-state index in [-0.39, 0.29) is 0 Å².